The molecule has 1 unspecified atom stereocenters. The maximum absolute atomic E-state index is 11.9. The van der Waals surface area contributed by atoms with E-state index in [-0.39, 0.29) is 6.42 Å². The number of aliphatic hydroxyl groups excluding tert-OH is 1. The van der Waals surface area contributed by atoms with Gasteiger partial charge < -0.3 is 14.9 Å². The van der Waals surface area contributed by atoms with Crippen LogP contribution in [0.3, 0.4) is 0 Å². The van der Waals surface area contributed by atoms with Crippen LogP contribution in [0, 0.1) is 5.92 Å². The van der Waals surface area contributed by atoms with Gasteiger partial charge >= 0.3 is 12.1 Å². The molecule has 0 aromatic heterocycles. The first-order chi connectivity index (χ1) is 7.64. The molecule has 0 saturated heterocycles. The minimum Gasteiger partial charge on any atom is -0.481 e. The van der Waals surface area contributed by atoms with Crippen molar-refractivity contribution in [2.45, 2.75) is 25.6 Å². The summed E-state index contributed by atoms with van der Waals surface area (Å²) in [6, 6.07) is 0. The first kappa shape index (κ1) is 15.9. The number of carbonyl (C=O) groups is 1. The Morgan fingerprint density at radius 3 is 2.29 bits per heavy atom. The van der Waals surface area contributed by atoms with Gasteiger partial charge in [-0.1, -0.05) is 5.57 Å². The van der Waals surface area contributed by atoms with Crippen LogP contribution in [0.1, 0.15) is 13.3 Å². The lowest BCUT2D eigenvalue weighted by atomic mass is 10.0. The van der Waals surface area contributed by atoms with Gasteiger partial charge in [0, 0.05) is 0 Å². The van der Waals surface area contributed by atoms with E-state index in [0.717, 1.165) is 0 Å². The fourth-order valence-corrected chi connectivity index (χ4v) is 1.05. The van der Waals surface area contributed by atoms with Gasteiger partial charge in [0.05, 0.1) is 19.1 Å². The van der Waals surface area contributed by atoms with Crippen molar-refractivity contribution in [3.63, 3.8) is 0 Å². The third-order valence-corrected chi connectivity index (χ3v) is 1.92. The van der Waals surface area contributed by atoms with E-state index in [0.29, 0.717) is 5.57 Å². The number of aliphatic carboxylic acids is 1. The smallest absolute Gasteiger partial charge is 0.416 e. The summed E-state index contributed by atoms with van der Waals surface area (Å²) in [7, 11) is 0. The summed E-state index contributed by atoms with van der Waals surface area (Å²) in [6.45, 7) is 3.76. The Morgan fingerprint density at radius 1 is 1.41 bits per heavy atom. The number of carboxylic acid groups (broad SMARTS) is 1. The monoisotopic (exact) mass is 256 g/mol. The van der Waals surface area contributed by atoms with E-state index < -0.39 is 37.4 Å². The molecule has 0 fully saturated rings. The van der Waals surface area contributed by atoms with Crippen molar-refractivity contribution in [3.05, 3.63) is 12.2 Å². The number of allylic oxidation sites excluding steroid dienone is 1. The van der Waals surface area contributed by atoms with Gasteiger partial charge in [-0.05, 0) is 13.3 Å². The predicted molar refractivity (Wildman–Crippen MR) is 53.4 cm³/mol. The molecule has 0 radical (unpaired) electrons. The topological polar surface area (TPSA) is 66.8 Å². The molecule has 0 bridgehead atoms. The zero-order chi connectivity index (χ0) is 13.6. The summed E-state index contributed by atoms with van der Waals surface area (Å²) < 4.78 is 40.2. The standard InChI is InChI=1S/C10H15F3O4/c1-6(2)3-7(9(15)16)4-17-5-8(14)10(11,12)13/h7-8,14H,1,3-5H2,2H3,(H,15,16)/t7-,8?/m0/s1. The molecule has 0 aliphatic heterocycles. The second kappa shape index (κ2) is 6.61. The predicted octanol–water partition coefficient (Wildman–Crippen LogP) is 1.59. The molecule has 0 aliphatic carbocycles. The molecule has 2 atom stereocenters. The summed E-state index contributed by atoms with van der Waals surface area (Å²) in [5.41, 5.74) is 0.595. The van der Waals surface area contributed by atoms with Crippen molar-refractivity contribution in [3.8, 4) is 0 Å². The summed E-state index contributed by atoms with van der Waals surface area (Å²) in [5, 5.41) is 17.3. The van der Waals surface area contributed by atoms with Gasteiger partial charge in [0.15, 0.2) is 6.10 Å². The zero-order valence-corrected chi connectivity index (χ0v) is 9.33. The lowest BCUT2D eigenvalue weighted by Crippen LogP contribution is -2.34. The lowest BCUT2D eigenvalue weighted by Gasteiger charge is -2.17. The van der Waals surface area contributed by atoms with Gasteiger partial charge in [-0.2, -0.15) is 13.2 Å². The third kappa shape index (κ3) is 6.96. The van der Waals surface area contributed by atoms with E-state index in [4.69, 9.17) is 10.2 Å². The van der Waals surface area contributed by atoms with Crippen molar-refractivity contribution in [2.24, 2.45) is 5.92 Å². The summed E-state index contributed by atoms with van der Waals surface area (Å²) >= 11 is 0. The average Bonchev–Trinajstić information content (AvgIpc) is 2.13. The molecular weight excluding hydrogens is 241 g/mol. The fraction of sp³-hybridized carbons (Fsp3) is 0.700. The number of rotatable bonds is 7. The Hall–Kier alpha value is -1.08. The van der Waals surface area contributed by atoms with Crippen LogP contribution in [0.4, 0.5) is 13.2 Å². The van der Waals surface area contributed by atoms with Gasteiger partial charge in [-0.25, -0.2) is 0 Å². The van der Waals surface area contributed by atoms with Crippen LogP contribution < -0.4 is 0 Å². The third-order valence-electron chi connectivity index (χ3n) is 1.92. The van der Waals surface area contributed by atoms with Crippen molar-refractivity contribution in [1.29, 1.82) is 0 Å². The molecule has 0 saturated carbocycles. The van der Waals surface area contributed by atoms with Gasteiger partial charge in [0.25, 0.3) is 0 Å². The second-order valence-electron chi connectivity index (χ2n) is 3.79. The van der Waals surface area contributed by atoms with Crippen LogP contribution in [0.15, 0.2) is 12.2 Å². The maximum atomic E-state index is 11.9. The van der Waals surface area contributed by atoms with E-state index in [1.54, 1.807) is 6.92 Å². The largest absolute Gasteiger partial charge is 0.481 e. The molecule has 7 heteroatoms. The van der Waals surface area contributed by atoms with Crippen molar-refractivity contribution < 1.29 is 32.9 Å². The quantitative estimate of drug-likeness (QED) is 0.679. The van der Waals surface area contributed by atoms with E-state index in [2.05, 4.69) is 11.3 Å². The first-order valence-electron chi connectivity index (χ1n) is 4.84. The van der Waals surface area contributed by atoms with Gasteiger partial charge in [-0.3, -0.25) is 4.79 Å². The van der Waals surface area contributed by atoms with E-state index in [1.807, 2.05) is 0 Å². The molecule has 4 nitrogen and oxygen atoms in total. The molecule has 17 heavy (non-hydrogen) atoms. The average molecular weight is 256 g/mol. The van der Waals surface area contributed by atoms with Crippen molar-refractivity contribution in [1.82, 2.24) is 0 Å². The summed E-state index contributed by atoms with van der Waals surface area (Å²) in [6.07, 6.45) is -7.23. The number of alkyl halides is 3. The van der Waals surface area contributed by atoms with Gasteiger partial charge in [-0.15, -0.1) is 6.58 Å². The van der Waals surface area contributed by atoms with Crippen LogP contribution in [0.2, 0.25) is 0 Å². The molecule has 0 aromatic rings. The molecule has 2 N–H and O–H groups in total. The molecule has 0 aromatic carbocycles. The second-order valence-corrected chi connectivity index (χ2v) is 3.79. The molecule has 100 valence electrons. The number of halogens is 3. The normalized spacial score (nSPS) is 15.4. The number of carboxylic acids is 1. The van der Waals surface area contributed by atoms with Gasteiger partial charge in [0.1, 0.15) is 0 Å². The molecule has 0 amide bonds. The van der Waals surface area contributed by atoms with Crippen molar-refractivity contribution >= 4 is 5.97 Å². The van der Waals surface area contributed by atoms with E-state index >= 15 is 0 Å². The molecule has 0 aliphatic rings. The highest BCUT2D eigenvalue weighted by Gasteiger charge is 2.38. The molecule has 0 spiro atoms. The molecule has 0 rings (SSSR count). The maximum Gasteiger partial charge on any atom is 0.416 e. The SMILES string of the molecule is C=C(C)C[C@@H](COCC(O)C(F)(F)F)C(=O)O. The Morgan fingerprint density at radius 2 is 1.94 bits per heavy atom. The Balaban J connectivity index is 4.07. The van der Waals surface area contributed by atoms with E-state index in [1.165, 1.54) is 0 Å². The van der Waals surface area contributed by atoms with Crippen LogP contribution in [0.5, 0.6) is 0 Å². The van der Waals surface area contributed by atoms with Crippen LogP contribution in [0.25, 0.3) is 0 Å². The van der Waals surface area contributed by atoms with Gasteiger partial charge in [0.2, 0.25) is 0 Å². The Labute approximate surface area is 96.7 Å². The molecule has 0 heterocycles. The highest BCUT2D eigenvalue weighted by molar-refractivity contribution is 5.70. The van der Waals surface area contributed by atoms with E-state index in [9.17, 15) is 18.0 Å². The number of hydrogen-bond donors (Lipinski definition) is 2. The number of hydrogen-bond acceptors (Lipinski definition) is 3. The Bertz CT molecular complexity index is 275. The van der Waals surface area contributed by atoms with Crippen LogP contribution in [-0.2, 0) is 9.53 Å². The summed E-state index contributed by atoms with van der Waals surface area (Å²) in [5.74, 6) is -2.12. The fourth-order valence-electron chi connectivity index (χ4n) is 1.05. The molecular formula is C10H15F3O4. The minimum atomic E-state index is -4.76. The van der Waals surface area contributed by atoms with Crippen LogP contribution in [-0.4, -0.2) is 41.7 Å². The summed E-state index contributed by atoms with van der Waals surface area (Å²) in [4.78, 5) is 10.7. The Kier molecular flexibility index (Phi) is 6.19. The lowest BCUT2D eigenvalue weighted by molar-refractivity contribution is -0.218. The highest BCUT2D eigenvalue weighted by Crippen LogP contribution is 2.20. The first-order valence-corrected chi connectivity index (χ1v) is 4.84. The van der Waals surface area contributed by atoms with Crippen molar-refractivity contribution in [2.75, 3.05) is 13.2 Å². The minimum absolute atomic E-state index is 0.122. The van der Waals surface area contributed by atoms with Crippen LogP contribution >= 0.6 is 0 Å². The highest BCUT2D eigenvalue weighted by atomic mass is 19.4. The number of aliphatic hydroxyl groups is 1. The zero-order valence-electron chi connectivity index (χ0n) is 9.33. The number of ether oxygens (including phenoxy) is 1.